The molecule has 2 aromatic carbocycles. The zero-order chi connectivity index (χ0) is 18.5. The molecule has 27 heavy (non-hydrogen) atoms. The molecule has 0 N–H and O–H groups in total. The van der Waals surface area contributed by atoms with Gasteiger partial charge in [-0.05, 0) is 36.4 Å². The van der Waals surface area contributed by atoms with E-state index in [9.17, 15) is 13.6 Å². The summed E-state index contributed by atoms with van der Waals surface area (Å²) >= 11 is 1.25. The molecule has 0 atom stereocenters. The van der Waals surface area contributed by atoms with Gasteiger partial charge in [0.15, 0.2) is 4.96 Å². The van der Waals surface area contributed by atoms with Gasteiger partial charge in [-0.1, -0.05) is 23.5 Å². The topological polar surface area (TPSA) is 47.5 Å². The van der Waals surface area contributed by atoms with Gasteiger partial charge in [0.2, 0.25) is 0 Å². The molecule has 0 spiro atoms. The maximum Gasteiger partial charge on any atom is 0.275 e. The van der Waals surface area contributed by atoms with Crippen LogP contribution in [0.1, 0.15) is 5.76 Å². The van der Waals surface area contributed by atoms with Crippen LogP contribution in [0.3, 0.4) is 0 Å². The summed E-state index contributed by atoms with van der Waals surface area (Å²) in [7, 11) is 0. The molecule has 5 aromatic rings. The third kappa shape index (κ3) is 2.55. The maximum atomic E-state index is 13.9. The monoisotopic (exact) mass is 380 g/mol. The number of rotatable bonds is 2. The van der Waals surface area contributed by atoms with Crippen LogP contribution >= 0.6 is 11.3 Å². The van der Waals surface area contributed by atoms with Crippen molar-refractivity contribution in [3.8, 4) is 11.3 Å². The first kappa shape index (κ1) is 15.9. The van der Waals surface area contributed by atoms with E-state index in [1.165, 1.54) is 23.5 Å². The van der Waals surface area contributed by atoms with Crippen LogP contribution in [0.5, 0.6) is 0 Å². The largest absolute Gasteiger partial charge is 0.457 e. The molecule has 0 saturated carbocycles. The molecule has 132 valence electrons. The Labute approximate surface area is 154 Å². The standard InChI is InChI=1S/C20H10F2N2O2S/c21-11-5-7-13(14(22)9-11)17-8-6-12(26-17)10-18-19(25)24-16-4-2-1-3-15(16)23-20(24)27-18/h1-10H. The molecule has 0 saturated heterocycles. The van der Waals surface area contributed by atoms with Crippen molar-refractivity contribution in [1.82, 2.24) is 9.38 Å². The van der Waals surface area contributed by atoms with E-state index in [0.29, 0.717) is 15.3 Å². The van der Waals surface area contributed by atoms with Gasteiger partial charge in [0.1, 0.15) is 27.7 Å². The van der Waals surface area contributed by atoms with Gasteiger partial charge in [-0.15, -0.1) is 0 Å². The maximum absolute atomic E-state index is 13.9. The molecule has 0 unspecified atom stereocenters. The van der Waals surface area contributed by atoms with Gasteiger partial charge in [0.25, 0.3) is 5.56 Å². The van der Waals surface area contributed by atoms with E-state index in [-0.39, 0.29) is 16.9 Å². The number of benzene rings is 2. The van der Waals surface area contributed by atoms with E-state index in [1.54, 1.807) is 22.6 Å². The number of imidazole rings is 1. The van der Waals surface area contributed by atoms with Gasteiger partial charge in [0.05, 0.1) is 16.6 Å². The minimum atomic E-state index is -0.707. The summed E-state index contributed by atoms with van der Waals surface area (Å²) in [4.78, 5) is 17.8. The molecule has 0 amide bonds. The number of hydrogen-bond acceptors (Lipinski definition) is 4. The molecule has 4 nitrogen and oxygen atoms in total. The number of furan rings is 1. The van der Waals surface area contributed by atoms with Crippen LogP contribution in [0.25, 0.3) is 33.4 Å². The van der Waals surface area contributed by atoms with Crippen molar-refractivity contribution in [3.05, 3.63) is 86.9 Å². The Morgan fingerprint density at radius 3 is 2.78 bits per heavy atom. The van der Waals surface area contributed by atoms with Gasteiger partial charge in [-0.2, -0.15) is 0 Å². The highest BCUT2D eigenvalue weighted by Gasteiger charge is 2.13. The zero-order valence-corrected chi connectivity index (χ0v) is 14.5. The van der Waals surface area contributed by atoms with E-state index in [1.807, 2.05) is 24.3 Å². The van der Waals surface area contributed by atoms with Crippen LogP contribution in [0.2, 0.25) is 0 Å². The van der Waals surface area contributed by atoms with Gasteiger partial charge in [-0.25, -0.2) is 18.2 Å². The van der Waals surface area contributed by atoms with Crippen LogP contribution in [0.4, 0.5) is 8.78 Å². The number of fused-ring (bicyclic) bond motifs is 3. The van der Waals surface area contributed by atoms with Crippen LogP contribution < -0.4 is 10.1 Å². The predicted octanol–water partition coefficient (Wildman–Crippen LogP) is 4.00. The molecular formula is C20H10F2N2O2S. The molecule has 0 radical (unpaired) electrons. The highest BCUT2D eigenvalue weighted by atomic mass is 32.1. The third-order valence-corrected chi connectivity index (χ3v) is 5.21. The second kappa shape index (κ2) is 5.85. The Bertz CT molecular complexity index is 1430. The fourth-order valence-corrected chi connectivity index (χ4v) is 3.97. The lowest BCUT2D eigenvalue weighted by molar-refractivity contribution is 0.554. The smallest absolute Gasteiger partial charge is 0.275 e. The van der Waals surface area contributed by atoms with Gasteiger partial charge in [-0.3, -0.25) is 4.79 Å². The Kier molecular flexibility index (Phi) is 3.45. The fraction of sp³-hybridized carbons (Fsp3) is 0. The molecule has 0 bridgehead atoms. The second-order valence-electron chi connectivity index (χ2n) is 5.96. The highest BCUT2D eigenvalue weighted by molar-refractivity contribution is 7.15. The number of halogens is 2. The van der Waals surface area contributed by atoms with Crippen LogP contribution in [-0.2, 0) is 0 Å². The van der Waals surface area contributed by atoms with Gasteiger partial charge in [0, 0.05) is 12.1 Å². The average molecular weight is 380 g/mol. The van der Waals surface area contributed by atoms with Crippen LogP contribution in [0, 0.1) is 11.6 Å². The number of hydrogen-bond donors (Lipinski definition) is 0. The minimum Gasteiger partial charge on any atom is -0.457 e. The van der Waals surface area contributed by atoms with E-state index in [0.717, 1.165) is 17.1 Å². The molecule has 0 aliphatic rings. The molecular weight excluding hydrogens is 370 g/mol. The molecule has 0 aliphatic carbocycles. The van der Waals surface area contributed by atoms with Crippen molar-refractivity contribution in [2.75, 3.05) is 0 Å². The Hall–Kier alpha value is -3.32. The molecule has 7 heteroatoms. The number of para-hydroxylation sites is 2. The average Bonchev–Trinajstić information content (AvgIpc) is 3.31. The van der Waals surface area contributed by atoms with E-state index >= 15 is 0 Å². The van der Waals surface area contributed by atoms with Crippen molar-refractivity contribution in [1.29, 1.82) is 0 Å². The quantitative estimate of drug-likeness (QED) is 0.465. The molecule has 0 fully saturated rings. The molecule has 5 rings (SSSR count). The summed E-state index contributed by atoms with van der Waals surface area (Å²) in [5, 5.41) is 0. The summed E-state index contributed by atoms with van der Waals surface area (Å²) in [5.41, 5.74) is 1.49. The van der Waals surface area contributed by atoms with Crippen molar-refractivity contribution in [2.24, 2.45) is 0 Å². The second-order valence-corrected chi connectivity index (χ2v) is 6.97. The minimum absolute atomic E-state index is 0.158. The number of nitrogens with zero attached hydrogens (tertiary/aromatic N) is 2. The first-order chi connectivity index (χ1) is 13.1. The summed E-state index contributed by atoms with van der Waals surface area (Å²) in [6, 6.07) is 13.9. The predicted molar refractivity (Wildman–Crippen MR) is 99.7 cm³/mol. The molecule has 0 aliphatic heterocycles. The molecule has 3 aromatic heterocycles. The summed E-state index contributed by atoms with van der Waals surface area (Å²) in [6.45, 7) is 0. The molecule has 3 heterocycles. The van der Waals surface area contributed by atoms with Crippen molar-refractivity contribution >= 4 is 33.4 Å². The first-order valence-corrected chi connectivity index (χ1v) is 8.89. The Morgan fingerprint density at radius 1 is 1.07 bits per heavy atom. The van der Waals surface area contributed by atoms with Crippen molar-refractivity contribution in [2.45, 2.75) is 0 Å². The van der Waals surface area contributed by atoms with Crippen LogP contribution in [0.15, 0.2) is 63.8 Å². The summed E-state index contributed by atoms with van der Waals surface area (Å²) < 4.78 is 34.6. The summed E-state index contributed by atoms with van der Waals surface area (Å²) in [5.74, 6) is -0.696. The lowest BCUT2D eigenvalue weighted by atomic mass is 10.1. The van der Waals surface area contributed by atoms with Crippen LogP contribution in [-0.4, -0.2) is 9.38 Å². The normalized spacial score (nSPS) is 12.4. The highest BCUT2D eigenvalue weighted by Crippen LogP contribution is 2.26. The van der Waals surface area contributed by atoms with E-state index in [4.69, 9.17) is 4.42 Å². The SMILES string of the molecule is O=c1c(=Cc2ccc(-c3ccc(F)cc3F)o2)sc2nc3ccccc3n12. The van der Waals surface area contributed by atoms with Crippen molar-refractivity contribution in [3.63, 3.8) is 0 Å². The third-order valence-electron chi connectivity index (χ3n) is 4.24. The summed E-state index contributed by atoms with van der Waals surface area (Å²) in [6.07, 6.45) is 1.60. The van der Waals surface area contributed by atoms with Gasteiger partial charge >= 0.3 is 0 Å². The fourth-order valence-electron chi connectivity index (χ4n) is 3.01. The number of aromatic nitrogens is 2. The van der Waals surface area contributed by atoms with E-state index in [2.05, 4.69) is 4.98 Å². The zero-order valence-electron chi connectivity index (χ0n) is 13.6. The van der Waals surface area contributed by atoms with Crippen molar-refractivity contribution < 1.29 is 13.2 Å². The first-order valence-electron chi connectivity index (χ1n) is 8.07. The Balaban J connectivity index is 1.62. The lowest BCUT2D eigenvalue weighted by Crippen LogP contribution is -2.22. The van der Waals surface area contributed by atoms with Gasteiger partial charge < -0.3 is 4.42 Å². The number of thiazole rings is 1. The Morgan fingerprint density at radius 2 is 1.93 bits per heavy atom. The lowest BCUT2D eigenvalue weighted by Gasteiger charge is -1.98. The van der Waals surface area contributed by atoms with E-state index < -0.39 is 11.6 Å².